The van der Waals surface area contributed by atoms with E-state index in [0.717, 1.165) is 24.2 Å². The SMILES string of the molecule is Cc1cc(OC(C)C)cc(-c2ccc([C@H]3C[C@@H](OCC(=O)O)C3)cc2)c1. The quantitative estimate of drug-likeness (QED) is 0.776. The predicted molar refractivity (Wildman–Crippen MR) is 102 cm³/mol. The summed E-state index contributed by atoms with van der Waals surface area (Å²) in [6.45, 7) is 5.94. The van der Waals surface area contributed by atoms with Crippen molar-refractivity contribution in [1.29, 1.82) is 0 Å². The molecule has 0 unspecified atom stereocenters. The molecule has 1 fully saturated rings. The van der Waals surface area contributed by atoms with Crippen LogP contribution in [-0.4, -0.2) is 29.9 Å². The van der Waals surface area contributed by atoms with Gasteiger partial charge in [-0.15, -0.1) is 0 Å². The maximum Gasteiger partial charge on any atom is 0.329 e. The smallest absolute Gasteiger partial charge is 0.329 e. The highest BCUT2D eigenvalue weighted by molar-refractivity contribution is 5.68. The van der Waals surface area contributed by atoms with Gasteiger partial charge in [0.1, 0.15) is 12.4 Å². The van der Waals surface area contributed by atoms with Crippen LogP contribution in [0, 0.1) is 6.92 Å². The molecule has 0 aliphatic heterocycles. The minimum Gasteiger partial charge on any atom is -0.491 e. The van der Waals surface area contributed by atoms with Crippen LogP contribution in [0.5, 0.6) is 5.75 Å². The predicted octanol–water partition coefficient (Wildman–Crippen LogP) is 4.80. The van der Waals surface area contributed by atoms with Crippen LogP contribution in [-0.2, 0) is 9.53 Å². The highest BCUT2D eigenvalue weighted by Gasteiger charge is 2.31. The molecule has 2 aromatic rings. The minimum absolute atomic E-state index is 0.0725. The third-order valence-electron chi connectivity index (χ3n) is 4.68. The Morgan fingerprint density at radius 3 is 2.42 bits per heavy atom. The lowest BCUT2D eigenvalue weighted by Crippen LogP contribution is -2.31. The summed E-state index contributed by atoms with van der Waals surface area (Å²) in [6.07, 6.45) is 2.01. The van der Waals surface area contributed by atoms with Gasteiger partial charge in [0.05, 0.1) is 12.2 Å². The van der Waals surface area contributed by atoms with E-state index in [1.165, 1.54) is 16.7 Å². The number of rotatable bonds is 7. The molecule has 0 aromatic heterocycles. The number of aliphatic carboxylic acids is 1. The van der Waals surface area contributed by atoms with E-state index in [4.69, 9.17) is 14.6 Å². The van der Waals surface area contributed by atoms with Gasteiger partial charge in [-0.2, -0.15) is 0 Å². The number of aryl methyl sites for hydroxylation is 1. The Morgan fingerprint density at radius 2 is 1.81 bits per heavy atom. The Morgan fingerprint density at radius 1 is 1.12 bits per heavy atom. The van der Waals surface area contributed by atoms with Gasteiger partial charge in [-0.05, 0) is 73.9 Å². The van der Waals surface area contributed by atoms with E-state index in [0.29, 0.717) is 5.92 Å². The number of benzene rings is 2. The summed E-state index contributed by atoms with van der Waals surface area (Å²) in [5.41, 5.74) is 4.79. The lowest BCUT2D eigenvalue weighted by molar-refractivity contribution is -0.146. The summed E-state index contributed by atoms with van der Waals surface area (Å²) in [5.74, 6) is 0.452. The Balaban J connectivity index is 1.65. The van der Waals surface area contributed by atoms with Crippen molar-refractivity contribution in [1.82, 2.24) is 0 Å². The topological polar surface area (TPSA) is 55.8 Å². The molecule has 0 atom stereocenters. The number of carboxylic acid groups (broad SMARTS) is 1. The zero-order valence-electron chi connectivity index (χ0n) is 15.6. The van der Waals surface area contributed by atoms with Crippen molar-refractivity contribution < 1.29 is 19.4 Å². The molecule has 0 saturated heterocycles. The fourth-order valence-electron chi connectivity index (χ4n) is 3.37. The second-order valence-electron chi connectivity index (χ2n) is 7.32. The fourth-order valence-corrected chi connectivity index (χ4v) is 3.37. The van der Waals surface area contributed by atoms with Crippen LogP contribution in [0.2, 0.25) is 0 Å². The van der Waals surface area contributed by atoms with Crippen LogP contribution in [0.25, 0.3) is 11.1 Å². The molecule has 3 rings (SSSR count). The Kier molecular flexibility index (Phi) is 5.62. The molecule has 1 aliphatic rings. The molecular weight excluding hydrogens is 328 g/mol. The first-order valence-corrected chi connectivity index (χ1v) is 9.13. The number of hydrogen-bond acceptors (Lipinski definition) is 3. The van der Waals surface area contributed by atoms with Crippen molar-refractivity contribution in [2.45, 2.75) is 51.7 Å². The zero-order valence-corrected chi connectivity index (χ0v) is 15.6. The third-order valence-corrected chi connectivity index (χ3v) is 4.68. The average Bonchev–Trinajstić information content (AvgIpc) is 2.52. The van der Waals surface area contributed by atoms with Gasteiger partial charge >= 0.3 is 5.97 Å². The number of carboxylic acids is 1. The molecule has 0 amide bonds. The first-order chi connectivity index (χ1) is 12.4. The van der Waals surface area contributed by atoms with Gasteiger partial charge in [0, 0.05) is 0 Å². The van der Waals surface area contributed by atoms with E-state index in [1.807, 2.05) is 13.8 Å². The number of hydrogen-bond donors (Lipinski definition) is 1. The Hall–Kier alpha value is -2.33. The third kappa shape index (κ3) is 4.64. The molecule has 2 aromatic carbocycles. The molecule has 4 nitrogen and oxygen atoms in total. The van der Waals surface area contributed by atoms with Crippen LogP contribution >= 0.6 is 0 Å². The molecule has 0 spiro atoms. The molecule has 26 heavy (non-hydrogen) atoms. The van der Waals surface area contributed by atoms with E-state index in [9.17, 15) is 4.79 Å². The second kappa shape index (κ2) is 7.92. The fraction of sp³-hybridized carbons (Fsp3) is 0.409. The van der Waals surface area contributed by atoms with Gasteiger partial charge in [0.2, 0.25) is 0 Å². The van der Waals surface area contributed by atoms with Crippen molar-refractivity contribution in [3.8, 4) is 16.9 Å². The monoisotopic (exact) mass is 354 g/mol. The average molecular weight is 354 g/mol. The Labute approximate surface area is 154 Å². The van der Waals surface area contributed by atoms with Crippen LogP contribution < -0.4 is 4.74 Å². The van der Waals surface area contributed by atoms with Crippen molar-refractivity contribution in [3.05, 3.63) is 53.6 Å². The van der Waals surface area contributed by atoms with E-state index >= 15 is 0 Å². The maximum atomic E-state index is 10.5. The highest BCUT2D eigenvalue weighted by Crippen LogP contribution is 2.39. The van der Waals surface area contributed by atoms with E-state index < -0.39 is 5.97 Å². The van der Waals surface area contributed by atoms with E-state index in [2.05, 4.69) is 49.4 Å². The van der Waals surface area contributed by atoms with Crippen molar-refractivity contribution in [2.75, 3.05) is 6.61 Å². The zero-order chi connectivity index (χ0) is 18.7. The van der Waals surface area contributed by atoms with Gasteiger partial charge in [0.15, 0.2) is 0 Å². The molecular formula is C22H26O4. The van der Waals surface area contributed by atoms with Crippen LogP contribution in [0.4, 0.5) is 0 Å². The maximum absolute atomic E-state index is 10.5. The molecule has 1 saturated carbocycles. The largest absolute Gasteiger partial charge is 0.491 e. The first kappa shape index (κ1) is 18.5. The van der Waals surface area contributed by atoms with Gasteiger partial charge in [-0.25, -0.2) is 4.79 Å². The van der Waals surface area contributed by atoms with Crippen molar-refractivity contribution in [3.63, 3.8) is 0 Å². The van der Waals surface area contributed by atoms with Crippen LogP contribution in [0.15, 0.2) is 42.5 Å². The molecule has 0 heterocycles. The number of carbonyl (C=O) groups is 1. The molecule has 138 valence electrons. The summed E-state index contributed by atoms with van der Waals surface area (Å²) >= 11 is 0. The van der Waals surface area contributed by atoms with Gasteiger partial charge in [-0.3, -0.25) is 0 Å². The van der Waals surface area contributed by atoms with Crippen LogP contribution in [0.1, 0.15) is 43.7 Å². The minimum atomic E-state index is -0.906. The summed E-state index contributed by atoms with van der Waals surface area (Å²) in [7, 11) is 0. The lowest BCUT2D eigenvalue weighted by atomic mass is 9.77. The lowest BCUT2D eigenvalue weighted by Gasteiger charge is -2.35. The van der Waals surface area contributed by atoms with Gasteiger partial charge in [-0.1, -0.05) is 30.3 Å². The summed E-state index contributed by atoms with van der Waals surface area (Å²) < 4.78 is 11.2. The summed E-state index contributed by atoms with van der Waals surface area (Å²) in [4.78, 5) is 10.5. The van der Waals surface area contributed by atoms with Gasteiger partial charge < -0.3 is 14.6 Å². The molecule has 1 N–H and O–H groups in total. The van der Waals surface area contributed by atoms with Crippen LogP contribution in [0.3, 0.4) is 0 Å². The summed E-state index contributed by atoms with van der Waals surface area (Å²) in [6, 6.07) is 14.9. The molecule has 1 aliphatic carbocycles. The second-order valence-corrected chi connectivity index (χ2v) is 7.32. The van der Waals surface area contributed by atoms with E-state index in [-0.39, 0.29) is 18.8 Å². The van der Waals surface area contributed by atoms with Crippen molar-refractivity contribution in [2.24, 2.45) is 0 Å². The summed E-state index contributed by atoms with van der Waals surface area (Å²) in [5, 5.41) is 8.66. The molecule has 0 radical (unpaired) electrons. The first-order valence-electron chi connectivity index (χ1n) is 9.13. The standard InChI is InChI=1S/C22H26O4/c1-14(2)26-21-9-15(3)8-18(12-21)16-4-6-17(7-5-16)19-10-20(11-19)25-13-22(23)24/h4-9,12,14,19-20H,10-11,13H2,1-3H3,(H,23,24)/t19-,20+. The van der Waals surface area contributed by atoms with E-state index in [1.54, 1.807) is 0 Å². The molecule has 4 heteroatoms. The molecule has 0 bridgehead atoms. The van der Waals surface area contributed by atoms with Gasteiger partial charge in [0.25, 0.3) is 0 Å². The van der Waals surface area contributed by atoms with Crippen molar-refractivity contribution >= 4 is 5.97 Å². The number of ether oxygens (including phenoxy) is 2. The Bertz CT molecular complexity index is 758. The highest BCUT2D eigenvalue weighted by atomic mass is 16.5. The normalized spacial score (nSPS) is 19.2.